The molecule has 0 spiro atoms. The van der Waals surface area contributed by atoms with E-state index in [0.717, 1.165) is 4.31 Å². The number of nitrogens with one attached hydrogen (secondary N) is 1. The molecule has 0 saturated heterocycles. The van der Waals surface area contributed by atoms with Crippen molar-refractivity contribution in [2.45, 2.75) is 31.3 Å². The van der Waals surface area contributed by atoms with Gasteiger partial charge in [-0.05, 0) is 31.0 Å². The Morgan fingerprint density at radius 3 is 2.33 bits per heavy atom. The van der Waals surface area contributed by atoms with Crippen molar-refractivity contribution >= 4 is 15.9 Å². The minimum atomic E-state index is -3.72. The molecule has 1 unspecified atom stereocenters. The molecule has 1 amide bonds. The third-order valence-electron chi connectivity index (χ3n) is 3.07. The molecule has 0 heterocycles. The van der Waals surface area contributed by atoms with Crippen molar-refractivity contribution in [1.29, 1.82) is 0 Å². The van der Waals surface area contributed by atoms with E-state index in [1.54, 1.807) is 19.1 Å². The molecule has 0 aromatic heterocycles. The molecule has 0 saturated carbocycles. The van der Waals surface area contributed by atoms with E-state index in [1.165, 1.54) is 19.2 Å². The van der Waals surface area contributed by atoms with Crippen molar-refractivity contribution in [2.24, 2.45) is 0 Å². The molecule has 1 aromatic carbocycles. The summed E-state index contributed by atoms with van der Waals surface area (Å²) in [7, 11) is -2.25. The van der Waals surface area contributed by atoms with E-state index in [4.69, 9.17) is 0 Å². The van der Waals surface area contributed by atoms with Gasteiger partial charge in [0.05, 0.1) is 17.5 Å². The monoisotopic (exact) mass is 314 g/mol. The Labute approximate surface area is 125 Å². The summed E-state index contributed by atoms with van der Waals surface area (Å²) < 4.78 is 26.2. The summed E-state index contributed by atoms with van der Waals surface area (Å²) in [6.45, 7) is 3.53. The molecule has 0 aliphatic rings. The van der Waals surface area contributed by atoms with Gasteiger partial charge < -0.3 is 10.4 Å². The van der Waals surface area contributed by atoms with Crippen LogP contribution in [0.4, 0.5) is 0 Å². The Morgan fingerprint density at radius 2 is 1.90 bits per heavy atom. The first kappa shape index (κ1) is 17.6. The van der Waals surface area contributed by atoms with Gasteiger partial charge in [-0.15, -0.1) is 0 Å². The lowest BCUT2D eigenvalue weighted by molar-refractivity contribution is -0.120. The molecule has 0 radical (unpaired) electrons. The van der Waals surface area contributed by atoms with Crippen molar-refractivity contribution in [3.05, 3.63) is 29.8 Å². The number of carbonyl (C=O) groups is 1. The van der Waals surface area contributed by atoms with E-state index in [-0.39, 0.29) is 23.9 Å². The van der Waals surface area contributed by atoms with Gasteiger partial charge in [0.25, 0.3) is 0 Å². The van der Waals surface area contributed by atoms with Crippen LogP contribution in [0.5, 0.6) is 0 Å². The second-order valence-electron chi connectivity index (χ2n) is 4.76. The number of nitrogens with zero attached hydrogens (tertiary/aromatic N) is 1. The molecule has 0 fully saturated rings. The van der Waals surface area contributed by atoms with E-state index >= 15 is 0 Å². The van der Waals surface area contributed by atoms with E-state index in [2.05, 4.69) is 5.32 Å². The fraction of sp³-hybridized carbons (Fsp3) is 0.500. The van der Waals surface area contributed by atoms with Crippen LogP contribution in [0.1, 0.15) is 31.9 Å². The van der Waals surface area contributed by atoms with E-state index in [0.29, 0.717) is 12.0 Å². The first-order chi connectivity index (χ1) is 9.82. The number of aliphatic hydroxyl groups excluding tert-OH is 1. The summed E-state index contributed by atoms with van der Waals surface area (Å²) in [6.07, 6.45) is -0.0403. The van der Waals surface area contributed by atoms with Gasteiger partial charge in [0.15, 0.2) is 0 Å². The maximum absolute atomic E-state index is 12.5. The molecule has 6 nitrogen and oxygen atoms in total. The van der Waals surface area contributed by atoms with Gasteiger partial charge in [-0.25, -0.2) is 8.42 Å². The first-order valence-electron chi connectivity index (χ1n) is 6.81. The van der Waals surface area contributed by atoms with Gasteiger partial charge >= 0.3 is 0 Å². The maximum Gasteiger partial charge on any atom is 0.243 e. The van der Waals surface area contributed by atoms with Gasteiger partial charge in [-0.3, -0.25) is 4.79 Å². The van der Waals surface area contributed by atoms with Crippen molar-refractivity contribution in [3.63, 3.8) is 0 Å². The number of likely N-dealkylation sites (N-methyl/N-ethyl adjacent to an activating group) is 1. The van der Waals surface area contributed by atoms with Crippen LogP contribution in [0.3, 0.4) is 0 Å². The standard InChI is InChI=1S/C14H22N2O4S/c1-4-9-16(10-14(18)15-3)21(19,20)13-7-5-12(6-8-13)11(2)17/h5-8,11,17H,4,9-10H2,1-3H3,(H,15,18). The fourth-order valence-electron chi connectivity index (χ4n) is 1.84. The Balaban J connectivity index is 3.07. The van der Waals surface area contributed by atoms with Crippen LogP contribution < -0.4 is 5.32 Å². The highest BCUT2D eigenvalue weighted by atomic mass is 32.2. The van der Waals surface area contributed by atoms with Crippen LogP contribution >= 0.6 is 0 Å². The van der Waals surface area contributed by atoms with Gasteiger partial charge in [0.2, 0.25) is 15.9 Å². The number of hydrogen-bond donors (Lipinski definition) is 2. The number of aliphatic hydroxyl groups is 1. The lowest BCUT2D eigenvalue weighted by Gasteiger charge is -2.21. The molecule has 2 N–H and O–H groups in total. The SMILES string of the molecule is CCCN(CC(=O)NC)S(=O)(=O)c1ccc(C(C)O)cc1. The number of benzene rings is 1. The van der Waals surface area contributed by atoms with Crippen LogP contribution in [0.2, 0.25) is 0 Å². The summed E-state index contributed by atoms with van der Waals surface area (Å²) in [4.78, 5) is 11.6. The highest BCUT2D eigenvalue weighted by molar-refractivity contribution is 7.89. The first-order valence-corrected chi connectivity index (χ1v) is 8.25. The zero-order valence-electron chi connectivity index (χ0n) is 12.5. The summed E-state index contributed by atoms with van der Waals surface area (Å²) in [5.41, 5.74) is 0.641. The third-order valence-corrected chi connectivity index (χ3v) is 4.93. The minimum absolute atomic E-state index is 0.115. The zero-order valence-corrected chi connectivity index (χ0v) is 13.4. The van der Waals surface area contributed by atoms with Crippen LogP contribution in [-0.2, 0) is 14.8 Å². The minimum Gasteiger partial charge on any atom is -0.389 e. The van der Waals surface area contributed by atoms with Crippen LogP contribution in [0.25, 0.3) is 0 Å². The van der Waals surface area contributed by atoms with Gasteiger partial charge in [0, 0.05) is 13.6 Å². The predicted molar refractivity (Wildman–Crippen MR) is 80.2 cm³/mol. The number of rotatable bonds is 7. The molecular formula is C14H22N2O4S. The molecule has 1 aromatic rings. The zero-order chi connectivity index (χ0) is 16.0. The highest BCUT2D eigenvalue weighted by Crippen LogP contribution is 2.19. The van der Waals surface area contributed by atoms with Gasteiger partial charge in [-0.1, -0.05) is 19.1 Å². The average Bonchev–Trinajstić information content (AvgIpc) is 2.46. The molecule has 7 heteroatoms. The van der Waals surface area contributed by atoms with Crippen molar-refractivity contribution in [2.75, 3.05) is 20.1 Å². The maximum atomic E-state index is 12.5. The van der Waals surface area contributed by atoms with E-state index in [9.17, 15) is 18.3 Å². The van der Waals surface area contributed by atoms with Crippen molar-refractivity contribution in [1.82, 2.24) is 9.62 Å². The average molecular weight is 314 g/mol. The molecule has 1 rings (SSSR count). The second kappa shape index (κ2) is 7.53. The lowest BCUT2D eigenvalue weighted by Crippen LogP contribution is -2.40. The van der Waals surface area contributed by atoms with Gasteiger partial charge in [-0.2, -0.15) is 4.31 Å². The molecule has 1 atom stereocenters. The molecule has 118 valence electrons. The number of hydrogen-bond acceptors (Lipinski definition) is 4. The number of amides is 1. The van der Waals surface area contributed by atoms with Crippen LogP contribution in [0.15, 0.2) is 29.2 Å². The Kier molecular flexibility index (Phi) is 6.32. The Bertz CT molecular complexity index is 567. The predicted octanol–water partition coefficient (Wildman–Crippen LogP) is 0.887. The molecule has 21 heavy (non-hydrogen) atoms. The summed E-state index contributed by atoms with van der Waals surface area (Å²) in [5, 5.41) is 11.9. The highest BCUT2D eigenvalue weighted by Gasteiger charge is 2.25. The summed E-state index contributed by atoms with van der Waals surface area (Å²) in [5.74, 6) is -0.354. The topological polar surface area (TPSA) is 86.7 Å². The molecule has 0 bridgehead atoms. The normalized spacial score (nSPS) is 13.2. The smallest absolute Gasteiger partial charge is 0.243 e. The molecular weight excluding hydrogens is 292 g/mol. The quantitative estimate of drug-likeness (QED) is 0.782. The summed E-state index contributed by atoms with van der Waals surface area (Å²) in [6, 6.07) is 6.04. The molecule has 0 aliphatic carbocycles. The second-order valence-corrected chi connectivity index (χ2v) is 6.69. The van der Waals surface area contributed by atoms with Crippen LogP contribution in [-0.4, -0.2) is 43.9 Å². The Morgan fingerprint density at radius 1 is 1.33 bits per heavy atom. The third kappa shape index (κ3) is 4.52. The van der Waals surface area contributed by atoms with Crippen molar-refractivity contribution in [3.8, 4) is 0 Å². The number of sulfonamides is 1. The Hall–Kier alpha value is -1.44. The summed E-state index contributed by atoms with van der Waals surface area (Å²) >= 11 is 0. The van der Waals surface area contributed by atoms with Gasteiger partial charge in [0.1, 0.15) is 0 Å². The largest absolute Gasteiger partial charge is 0.389 e. The van der Waals surface area contributed by atoms with E-state index in [1.807, 2.05) is 6.92 Å². The van der Waals surface area contributed by atoms with Crippen LogP contribution in [0, 0.1) is 0 Å². The van der Waals surface area contributed by atoms with E-state index < -0.39 is 16.1 Å². The van der Waals surface area contributed by atoms with Crippen molar-refractivity contribution < 1.29 is 18.3 Å². The number of carbonyl (C=O) groups excluding carboxylic acids is 1. The molecule has 0 aliphatic heterocycles. The lowest BCUT2D eigenvalue weighted by atomic mass is 10.1. The fourth-order valence-corrected chi connectivity index (χ4v) is 3.33.